The fourth-order valence-electron chi connectivity index (χ4n) is 2.29. The van der Waals surface area contributed by atoms with Crippen LogP contribution in [0.1, 0.15) is 52.4 Å². The number of carbonyl (C=O) groups excluding carboxylic acids is 1. The standard InChI is InChI=1S/C14H22O2/c1-3-5-6-7-8-12-11(4-2)13(15)9-10-14(12)16/h3,5,13,15H,4,6-10H2,1-2H3. The summed E-state index contributed by atoms with van der Waals surface area (Å²) in [6.45, 7) is 4.02. The van der Waals surface area contributed by atoms with Crippen LogP contribution >= 0.6 is 0 Å². The molecule has 0 spiro atoms. The first kappa shape index (κ1) is 13.2. The second-order valence-electron chi connectivity index (χ2n) is 4.30. The summed E-state index contributed by atoms with van der Waals surface area (Å²) < 4.78 is 0. The minimum absolute atomic E-state index is 0.252. The van der Waals surface area contributed by atoms with E-state index < -0.39 is 0 Å². The van der Waals surface area contributed by atoms with E-state index in [9.17, 15) is 9.90 Å². The number of aliphatic hydroxyl groups is 1. The van der Waals surface area contributed by atoms with Crippen molar-refractivity contribution in [2.75, 3.05) is 0 Å². The number of allylic oxidation sites excluding steroid dienone is 3. The van der Waals surface area contributed by atoms with E-state index in [0.29, 0.717) is 12.8 Å². The smallest absolute Gasteiger partial charge is 0.159 e. The SMILES string of the molecule is CC=CCCCC1=C(CC)C(O)CCC1=O. The van der Waals surface area contributed by atoms with Gasteiger partial charge in [0.1, 0.15) is 0 Å². The average molecular weight is 222 g/mol. The summed E-state index contributed by atoms with van der Waals surface area (Å²) in [5.74, 6) is 0.252. The van der Waals surface area contributed by atoms with E-state index in [4.69, 9.17) is 0 Å². The molecule has 0 amide bonds. The number of aliphatic hydroxyl groups excluding tert-OH is 1. The lowest BCUT2D eigenvalue weighted by Gasteiger charge is -2.23. The summed E-state index contributed by atoms with van der Waals surface area (Å²) in [5, 5.41) is 9.84. The first-order chi connectivity index (χ1) is 7.70. The van der Waals surface area contributed by atoms with Gasteiger partial charge < -0.3 is 5.11 Å². The predicted octanol–water partition coefficient (Wildman–Crippen LogP) is 3.16. The molecule has 0 saturated heterocycles. The number of carbonyl (C=O) groups is 1. The van der Waals surface area contributed by atoms with Crippen LogP contribution in [0, 0.1) is 0 Å². The molecular weight excluding hydrogens is 200 g/mol. The van der Waals surface area contributed by atoms with Gasteiger partial charge in [0.15, 0.2) is 5.78 Å². The Morgan fingerprint density at radius 1 is 1.50 bits per heavy atom. The zero-order chi connectivity index (χ0) is 12.0. The molecule has 1 aliphatic carbocycles. The van der Waals surface area contributed by atoms with Crippen LogP contribution in [-0.2, 0) is 4.79 Å². The molecule has 0 saturated carbocycles. The van der Waals surface area contributed by atoms with Gasteiger partial charge in [-0.2, -0.15) is 0 Å². The number of unbranched alkanes of at least 4 members (excludes halogenated alkanes) is 1. The number of hydrogen-bond donors (Lipinski definition) is 1. The minimum Gasteiger partial charge on any atom is -0.389 e. The number of rotatable bonds is 5. The fourth-order valence-corrected chi connectivity index (χ4v) is 2.29. The quantitative estimate of drug-likeness (QED) is 0.573. The van der Waals surface area contributed by atoms with Gasteiger partial charge in [-0.1, -0.05) is 19.1 Å². The van der Waals surface area contributed by atoms with Crippen molar-refractivity contribution in [1.82, 2.24) is 0 Å². The van der Waals surface area contributed by atoms with Crippen molar-refractivity contribution in [1.29, 1.82) is 0 Å². The average Bonchev–Trinajstić information content (AvgIpc) is 2.29. The monoisotopic (exact) mass is 222 g/mol. The topological polar surface area (TPSA) is 37.3 Å². The van der Waals surface area contributed by atoms with Gasteiger partial charge in [-0.15, -0.1) is 0 Å². The summed E-state index contributed by atoms with van der Waals surface area (Å²) in [7, 11) is 0. The second kappa shape index (κ2) is 6.64. The zero-order valence-electron chi connectivity index (χ0n) is 10.3. The van der Waals surface area contributed by atoms with Gasteiger partial charge in [-0.25, -0.2) is 0 Å². The van der Waals surface area contributed by atoms with Crippen LogP contribution in [-0.4, -0.2) is 17.0 Å². The molecule has 2 nitrogen and oxygen atoms in total. The third-order valence-corrected chi connectivity index (χ3v) is 3.19. The summed E-state index contributed by atoms with van der Waals surface area (Å²) in [4.78, 5) is 11.8. The minimum atomic E-state index is -0.376. The fraction of sp³-hybridized carbons (Fsp3) is 0.643. The molecule has 0 aromatic heterocycles. The molecule has 1 rings (SSSR count). The van der Waals surface area contributed by atoms with Crippen LogP contribution in [0.15, 0.2) is 23.3 Å². The molecule has 90 valence electrons. The van der Waals surface area contributed by atoms with Gasteiger partial charge in [-0.3, -0.25) is 4.79 Å². The molecule has 2 heteroatoms. The van der Waals surface area contributed by atoms with Gasteiger partial charge in [0.05, 0.1) is 6.10 Å². The van der Waals surface area contributed by atoms with Gasteiger partial charge >= 0.3 is 0 Å². The van der Waals surface area contributed by atoms with Gasteiger partial charge in [0.2, 0.25) is 0 Å². The molecule has 0 aliphatic heterocycles. The van der Waals surface area contributed by atoms with Crippen molar-refractivity contribution < 1.29 is 9.90 Å². The molecule has 0 fully saturated rings. The summed E-state index contributed by atoms with van der Waals surface area (Å²) >= 11 is 0. The Bertz CT molecular complexity index is 300. The predicted molar refractivity (Wildman–Crippen MR) is 66.2 cm³/mol. The maximum absolute atomic E-state index is 11.8. The van der Waals surface area contributed by atoms with E-state index in [1.165, 1.54) is 0 Å². The van der Waals surface area contributed by atoms with Crippen molar-refractivity contribution in [3.8, 4) is 0 Å². The molecule has 1 atom stereocenters. The summed E-state index contributed by atoms with van der Waals surface area (Å²) in [6, 6.07) is 0. The summed E-state index contributed by atoms with van der Waals surface area (Å²) in [6.07, 6.45) is 8.54. The highest BCUT2D eigenvalue weighted by molar-refractivity contribution is 5.97. The maximum Gasteiger partial charge on any atom is 0.159 e. The molecule has 1 unspecified atom stereocenters. The van der Waals surface area contributed by atoms with Gasteiger partial charge in [-0.05, 0) is 50.2 Å². The Kier molecular flexibility index (Phi) is 5.47. The lowest BCUT2D eigenvalue weighted by molar-refractivity contribution is -0.117. The van der Waals surface area contributed by atoms with Crippen molar-refractivity contribution in [3.63, 3.8) is 0 Å². The Balaban J connectivity index is 2.66. The third-order valence-electron chi connectivity index (χ3n) is 3.19. The van der Waals surface area contributed by atoms with Crippen LogP contribution in [0.25, 0.3) is 0 Å². The van der Waals surface area contributed by atoms with Crippen molar-refractivity contribution >= 4 is 5.78 Å². The van der Waals surface area contributed by atoms with Crippen LogP contribution in [0.4, 0.5) is 0 Å². The van der Waals surface area contributed by atoms with Crippen LogP contribution in [0.2, 0.25) is 0 Å². The van der Waals surface area contributed by atoms with E-state index in [0.717, 1.165) is 36.8 Å². The lowest BCUT2D eigenvalue weighted by Crippen LogP contribution is -2.23. The van der Waals surface area contributed by atoms with E-state index in [1.54, 1.807) is 0 Å². The maximum atomic E-state index is 11.8. The van der Waals surface area contributed by atoms with Crippen molar-refractivity contribution in [2.24, 2.45) is 0 Å². The Morgan fingerprint density at radius 2 is 2.25 bits per heavy atom. The highest BCUT2D eigenvalue weighted by Gasteiger charge is 2.24. The van der Waals surface area contributed by atoms with E-state index in [1.807, 2.05) is 19.9 Å². The second-order valence-corrected chi connectivity index (χ2v) is 4.30. The van der Waals surface area contributed by atoms with Crippen molar-refractivity contribution in [2.45, 2.75) is 58.5 Å². The zero-order valence-corrected chi connectivity index (χ0v) is 10.3. The number of hydrogen-bond acceptors (Lipinski definition) is 2. The van der Waals surface area contributed by atoms with Gasteiger partial charge in [0, 0.05) is 6.42 Å². The summed E-state index contributed by atoms with van der Waals surface area (Å²) in [5.41, 5.74) is 1.89. The van der Waals surface area contributed by atoms with E-state index in [-0.39, 0.29) is 11.9 Å². The highest BCUT2D eigenvalue weighted by Crippen LogP contribution is 2.28. The molecular formula is C14H22O2. The lowest BCUT2D eigenvalue weighted by atomic mass is 9.84. The van der Waals surface area contributed by atoms with E-state index >= 15 is 0 Å². The first-order valence-corrected chi connectivity index (χ1v) is 6.25. The van der Waals surface area contributed by atoms with Gasteiger partial charge in [0.25, 0.3) is 0 Å². The Labute approximate surface area is 98.1 Å². The normalized spacial score (nSPS) is 22.2. The van der Waals surface area contributed by atoms with E-state index in [2.05, 4.69) is 6.08 Å². The first-order valence-electron chi connectivity index (χ1n) is 6.25. The molecule has 16 heavy (non-hydrogen) atoms. The molecule has 0 bridgehead atoms. The molecule has 0 aromatic rings. The van der Waals surface area contributed by atoms with Crippen molar-refractivity contribution in [3.05, 3.63) is 23.3 Å². The molecule has 1 N–H and O–H groups in total. The molecule has 0 aromatic carbocycles. The molecule has 0 heterocycles. The van der Waals surface area contributed by atoms with Crippen LogP contribution < -0.4 is 0 Å². The Morgan fingerprint density at radius 3 is 2.88 bits per heavy atom. The molecule has 1 aliphatic rings. The highest BCUT2D eigenvalue weighted by atomic mass is 16.3. The molecule has 0 radical (unpaired) electrons. The third kappa shape index (κ3) is 3.31. The number of Topliss-reactive ketones (excluding diaryl/α,β-unsaturated/α-hetero) is 1. The largest absolute Gasteiger partial charge is 0.389 e. The Hall–Kier alpha value is -0.890. The van der Waals surface area contributed by atoms with Crippen LogP contribution in [0.5, 0.6) is 0 Å². The number of ketones is 1. The van der Waals surface area contributed by atoms with Crippen LogP contribution in [0.3, 0.4) is 0 Å².